The zero-order valence-corrected chi connectivity index (χ0v) is 14.5. The first-order valence-electron chi connectivity index (χ1n) is 5.86. The normalized spacial score (nSPS) is 7.65. The summed E-state index contributed by atoms with van der Waals surface area (Å²) in [7, 11) is 0. The molecule has 0 aliphatic heterocycles. The second-order valence-electron chi connectivity index (χ2n) is 3.69. The molecule has 0 spiro atoms. The zero-order chi connectivity index (χ0) is 13.1. The molecule has 0 amide bonds. The van der Waals surface area contributed by atoms with Gasteiger partial charge in [0.25, 0.3) is 0 Å². The molecule has 0 radical (unpaired) electrons. The SMILES string of the molecule is Cc1ccccc1[S-].[Cl-].[Ti+4].c1cc[cH-]c1.c1cc[cH-]c1. The standard InChI is InChI=1S/C7H8S.2C5H5.ClH.Ti/c1-6-4-2-3-5-7(6)8;2*1-2-4-5-3-1;;/h2-5,8H,1H3;2*1-5H;1H;/q;2*-1;;+4/p-2. The van der Waals surface area contributed by atoms with E-state index in [9.17, 15) is 0 Å². The first-order chi connectivity index (χ1) is 8.80. The van der Waals surface area contributed by atoms with Crippen molar-refractivity contribution in [2.45, 2.75) is 11.8 Å². The molecule has 0 fully saturated rings. The van der Waals surface area contributed by atoms with Gasteiger partial charge in [0.15, 0.2) is 0 Å². The zero-order valence-electron chi connectivity index (χ0n) is 11.4. The maximum absolute atomic E-state index is 4.95. The van der Waals surface area contributed by atoms with Gasteiger partial charge in [0.1, 0.15) is 0 Å². The fraction of sp³-hybridized carbons (Fsp3) is 0.0588. The molecule has 3 rings (SSSR count). The van der Waals surface area contributed by atoms with Gasteiger partial charge in [0.05, 0.1) is 0 Å². The Morgan fingerprint density at radius 1 is 0.750 bits per heavy atom. The monoisotopic (exact) mass is 336 g/mol. The molecule has 0 aliphatic rings. The third-order valence-electron chi connectivity index (χ3n) is 2.20. The van der Waals surface area contributed by atoms with E-state index in [1.165, 1.54) is 5.56 Å². The Kier molecular flexibility index (Phi) is 15.6. The van der Waals surface area contributed by atoms with Gasteiger partial charge in [0, 0.05) is 0 Å². The molecule has 20 heavy (non-hydrogen) atoms. The predicted molar refractivity (Wildman–Crippen MR) is 80.9 cm³/mol. The molecule has 0 N–H and O–H groups in total. The summed E-state index contributed by atoms with van der Waals surface area (Å²) in [6, 6.07) is 27.9. The first-order valence-corrected chi connectivity index (χ1v) is 6.27. The van der Waals surface area contributed by atoms with E-state index in [-0.39, 0.29) is 34.1 Å². The Bertz CT molecular complexity index is 408. The fourth-order valence-electron chi connectivity index (χ4n) is 1.20. The van der Waals surface area contributed by atoms with E-state index in [0.29, 0.717) is 0 Å². The molecule has 0 aliphatic carbocycles. The Morgan fingerprint density at radius 2 is 1.15 bits per heavy atom. The maximum atomic E-state index is 4.95. The first kappa shape index (κ1) is 21.4. The van der Waals surface area contributed by atoms with E-state index in [1.807, 2.05) is 91.9 Å². The van der Waals surface area contributed by atoms with Crippen LogP contribution in [0.3, 0.4) is 0 Å². The molecular formula is C17H17ClSTi. The molecule has 3 aromatic carbocycles. The molecule has 0 heterocycles. The molecule has 0 atom stereocenters. The second-order valence-corrected chi connectivity index (χ2v) is 4.13. The van der Waals surface area contributed by atoms with Crippen LogP contribution in [-0.2, 0) is 34.3 Å². The average Bonchev–Trinajstić information content (AvgIpc) is 3.11. The number of rotatable bonds is 0. The smallest absolute Gasteiger partial charge is 1.00 e. The van der Waals surface area contributed by atoms with Crippen LogP contribution in [0.25, 0.3) is 0 Å². The molecule has 0 nitrogen and oxygen atoms in total. The topological polar surface area (TPSA) is 0 Å². The number of aryl methyl sites for hydroxylation is 1. The third-order valence-corrected chi connectivity index (χ3v) is 2.66. The van der Waals surface area contributed by atoms with Crippen LogP contribution in [0.15, 0.2) is 89.8 Å². The van der Waals surface area contributed by atoms with Crippen LogP contribution >= 0.6 is 0 Å². The van der Waals surface area contributed by atoms with Crippen molar-refractivity contribution in [3.63, 3.8) is 0 Å². The molecule has 0 bridgehead atoms. The van der Waals surface area contributed by atoms with Gasteiger partial charge in [-0.05, 0) is 6.92 Å². The van der Waals surface area contributed by atoms with E-state index in [2.05, 4.69) is 0 Å². The molecule has 3 aromatic rings. The van der Waals surface area contributed by atoms with Crippen molar-refractivity contribution in [3.8, 4) is 0 Å². The quantitative estimate of drug-likeness (QED) is 0.342. The van der Waals surface area contributed by atoms with Crippen molar-refractivity contribution >= 4 is 12.6 Å². The van der Waals surface area contributed by atoms with Gasteiger partial charge in [-0.2, -0.15) is 41.3 Å². The molecule has 3 heteroatoms. The summed E-state index contributed by atoms with van der Waals surface area (Å²) in [4.78, 5) is 0.951. The Morgan fingerprint density at radius 3 is 1.35 bits per heavy atom. The summed E-state index contributed by atoms with van der Waals surface area (Å²) in [6.45, 7) is 2.02. The summed E-state index contributed by atoms with van der Waals surface area (Å²) in [5.74, 6) is 0. The van der Waals surface area contributed by atoms with E-state index >= 15 is 0 Å². The van der Waals surface area contributed by atoms with Gasteiger partial charge in [-0.15, -0.1) is 0 Å². The van der Waals surface area contributed by atoms with Crippen LogP contribution in [0.2, 0.25) is 0 Å². The van der Waals surface area contributed by atoms with Gasteiger partial charge in [-0.25, -0.2) is 24.3 Å². The van der Waals surface area contributed by atoms with Crippen LogP contribution in [0.5, 0.6) is 0 Å². The van der Waals surface area contributed by atoms with Crippen molar-refractivity contribution in [1.82, 2.24) is 0 Å². The number of hydrogen-bond donors (Lipinski definition) is 0. The summed E-state index contributed by atoms with van der Waals surface area (Å²) in [6.07, 6.45) is 0. The Balaban J connectivity index is 0. The number of benzene rings is 1. The van der Waals surface area contributed by atoms with Gasteiger partial charge in [-0.3, -0.25) is 0 Å². The van der Waals surface area contributed by atoms with Gasteiger partial charge < -0.3 is 25.0 Å². The summed E-state index contributed by atoms with van der Waals surface area (Å²) in [5.41, 5.74) is 1.18. The van der Waals surface area contributed by atoms with Gasteiger partial charge >= 0.3 is 21.7 Å². The molecule has 0 aromatic heterocycles. The van der Waals surface area contributed by atoms with E-state index in [4.69, 9.17) is 12.6 Å². The molecule has 0 saturated carbocycles. The Hall–Kier alpha value is -0.856. The van der Waals surface area contributed by atoms with Crippen LogP contribution in [0.4, 0.5) is 0 Å². The van der Waals surface area contributed by atoms with Crippen molar-refractivity contribution in [2.24, 2.45) is 0 Å². The maximum Gasteiger partial charge on any atom is 4.00 e. The summed E-state index contributed by atoms with van der Waals surface area (Å²) in [5, 5.41) is 0. The van der Waals surface area contributed by atoms with Crippen LogP contribution in [0, 0.1) is 6.92 Å². The molecule has 102 valence electrons. The summed E-state index contributed by atoms with van der Waals surface area (Å²) < 4.78 is 0. The molecule has 0 unspecified atom stereocenters. The van der Waals surface area contributed by atoms with Crippen LogP contribution < -0.4 is 12.4 Å². The Labute approximate surface area is 148 Å². The van der Waals surface area contributed by atoms with Crippen molar-refractivity contribution in [1.29, 1.82) is 0 Å². The third kappa shape index (κ3) is 11.0. The minimum Gasteiger partial charge on any atom is -1.00 e. The minimum absolute atomic E-state index is 0. The fourth-order valence-corrected chi connectivity index (χ4v) is 1.34. The molecule has 0 saturated heterocycles. The van der Waals surface area contributed by atoms with Gasteiger partial charge in [-0.1, -0.05) is 29.8 Å². The number of halogens is 1. The molecular weight excluding hydrogens is 320 g/mol. The van der Waals surface area contributed by atoms with E-state index < -0.39 is 0 Å². The van der Waals surface area contributed by atoms with Crippen LogP contribution in [0.1, 0.15) is 5.56 Å². The van der Waals surface area contributed by atoms with Crippen LogP contribution in [-0.4, -0.2) is 0 Å². The largest absolute Gasteiger partial charge is 4.00 e. The minimum atomic E-state index is 0. The predicted octanol–water partition coefficient (Wildman–Crippen LogP) is 1.71. The van der Waals surface area contributed by atoms with Crippen molar-refractivity contribution in [2.75, 3.05) is 0 Å². The van der Waals surface area contributed by atoms with Crippen molar-refractivity contribution < 1.29 is 34.1 Å². The number of hydrogen-bond acceptors (Lipinski definition) is 1. The van der Waals surface area contributed by atoms with Crippen molar-refractivity contribution in [3.05, 3.63) is 90.5 Å². The second kappa shape index (κ2) is 14.6. The van der Waals surface area contributed by atoms with E-state index in [1.54, 1.807) is 0 Å². The van der Waals surface area contributed by atoms with Gasteiger partial charge in [0.2, 0.25) is 0 Å². The average molecular weight is 337 g/mol. The van der Waals surface area contributed by atoms with E-state index in [0.717, 1.165) is 4.90 Å². The summed E-state index contributed by atoms with van der Waals surface area (Å²) >= 11 is 4.95.